The van der Waals surface area contributed by atoms with Gasteiger partial charge in [-0.3, -0.25) is 0 Å². The number of hydrogen-bond donors (Lipinski definition) is 1. The van der Waals surface area contributed by atoms with Gasteiger partial charge in [0.25, 0.3) is 0 Å². The molecule has 0 radical (unpaired) electrons. The molecule has 1 aromatic carbocycles. The predicted octanol–water partition coefficient (Wildman–Crippen LogP) is 4.13. The van der Waals surface area contributed by atoms with Crippen LogP contribution in [-0.2, 0) is 12.0 Å². The van der Waals surface area contributed by atoms with Crippen molar-refractivity contribution < 1.29 is 0 Å². The first-order valence-electron chi connectivity index (χ1n) is 8.07. The molecule has 1 aliphatic rings. The molecule has 1 N–H and O–H groups in total. The summed E-state index contributed by atoms with van der Waals surface area (Å²) in [5.41, 5.74) is 2.47. The van der Waals surface area contributed by atoms with Gasteiger partial charge >= 0.3 is 0 Å². The summed E-state index contributed by atoms with van der Waals surface area (Å²) in [5.74, 6) is 1.27. The Balaban J connectivity index is 2.16. The Morgan fingerprint density at radius 2 is 2.05 bits per heavy atom. The summed E-state index contributed by atoms with van der Waals surface area (Å²) in [4.78, 5) is 5.01. The molecule has 0 saturated carbocycles. The maximum absolute atomic E-state index is 6.15. The van der Waals surface area contributed by atoms with Crippen molar-refractivity contribution in [3.05, 3.63) is 29.0 Å². The lowest BCUT2D eigenvalue weighted by molar-refractivity contribution is 0.264. The van der Waals surface area contributed by atoms with E-state index < -0.39 is 0 Å². The van der Waals surface area contributed by atoms with Crippen LogP contribution in [0.4, 0.5) is 0 Å². The molecule has 1 aromatic heterocycles. The minimum Gasteiger partial charge on any atom is -0.328 e. The molecule has 21 heavy (non-hydrogen) atoms. The van der Waals surface area contributed by atoms with E-state index in [-0.39, 0.29) is 5.41 Å². The highest BCUT2D eigenvalue weighted by Gasteiger charge is 2.37. The summed E-state index contributed by atoms with van der Waals surface area (Å²) in [6.45, 7) is 7.63. The van der Waals surface area contributed by atoms with Crippen LogP contribution in [-0.4, -0.2) is 22.6 Å². The lowest BCUT2D eigenvalue weighted by atomic mass is 9.74. The van der Waals surface area contributed by atoms with Gasteiger partial charge in [-0.1, -0.05) is 24.9 Å². The molecule has 2 aromatic rings. The molecule has 114 valence electrons. The van der Waals surface area contributed by atoms with E-state index in [1.165, 1.54) is 37.0 Å². The second kappa shape index (κ2) is 5.98. The zero-order valence-electron chi connectivity index (χ0n) is 13.0. The van der Waals surface area contributed by atoms with Gasteiger partial charge in [0.05, 0.1) is 11.0 Å². The summed E-state index contributed by atoms with van der Waals surface area (Å²) in [6, 6.07) is 6.07. The van der Waals surface area contributed by atoms with Crippen molar-refractivity contribution >= 4 is 22.6 Å². The zero-order valence-corrected chi connectivity index (χ0v) is 13.7. The van der Waals surface area contributed by atoms with Gasteiger partial charge in [-0.25, -0.2) is 4.98 Å². The third kappa shape index (κ3) is 2.58. The number of aromatic nitrogens is 2. The average molecular weight is 306 g/mol. The first-order valence-corrected chi connectivity index (χ1v) is 8.45. The first kappa shape index (κ1) is 14.9. The molecule has 0 aliphatic carbocycles. The number of piperidine rings is 1. The average Bonchev–Trinajstić information content (AvgIpc) is 2.86. The normalized spacial score (nSPS) is 18.2. The number of hydrogen-bond acceptors (Lipinski definition) is 2. The highest BCUT2D eigenvalue weighted by atomic mass is 35.5. The van der Waals surface area contributed by atoms with Crippen molar-refractivity contribution in [1.29, 1.82) is 0 Å². The molecule has 0 unspecified atom stereocenters. The van der Waals surface area contributed by atoms with Gasteiger partial charge in [0.2, 0.25) is 0 Å². The number of benzene rings is 1. The van der Waals surface area contributed by atoms with Crippen LogP contribution in [0.5, 0.6) is 0 Å². The van der Waals surface area contributed by atoms with Gasteiger partial charge in [-0.2, -0.15) is 0 Å². The molecule has 3 rings (SSSR count). The standard InChI is InChI=1S/C17H24ClN3/c1-3-7-17(8-10-19-11-9-17)16-20-14-12-13(18)5-6-15(14)21(16)4-2/h5-6,12,19H,3-4,7-11H2,1-2H3. The first-order chi connectivity index (χ1) is 10.2. The number of nitrogens with zero attached hydrogens (tertiary/aromatic N) is 2. The second-order valence-electron chi connectivity index (χ2n) is 6.09. The fraction of sp³-hybridized carbons (Fsp3) is 0.588. The number of rotatable bonds is 4. The fourth-order valence-corrected chi connectivity index (χ4v) is 3.96. The van der Waals surface area contributed by atoms with Crippen LogP contribution in [0.1, 0.15) is 45.4 Å². The summed E-state index contributed by atoms with van der Waals surface area (Å²) >= 11 is 6.15. The van der Waals surface area contributed by atoms with E-state index in [0.717, 1.165) is 30.2 Å². The second-order valence-corrected chi connectivity index (χ2v) is 6.53. The highest BCUT2D eigenvalue weighted by molar-refractivity contribution is 6.31. The maximum Gasteiger partial charge on any atom is 0.116 e. The number of halogens is 1. The Labute approximate surface area is 131 Å². The van der Waals surface area contributed by atoms with Gasteiger partial charge in [0.15, 0.2) is 0 Å². The van der Waals surface area contributed by atoms with Gasteiger partial charge in [0, 0.05) is 17.0 Å². The third-order valence-electron chi connectivity index (χ3n) is 4.79. The Morgan fingerprint density at radius 1 is 1.29 bits per heavy atom. The van der Waals surface area contributed by atoms with Crippen LogP contribution >= 0.6 is 11.6 Å². The molecule has 1 aliphatic heterocycles. The van der Waals surface area contributed by atoms with Crippen molar-refractivity contribution in [3.63, 3.8) is 0 Å². The molecule has 0 spiro atoms. The van der Waals surface area contributed by atoms with Crippen molar-refractivity contribution in [3.8, 4) is 0 Å². The van der Waals surface area contributed by atoms with Crippen molar-refractivity contribution in [1.82, 2.24) is 14.9 Å². The number of aryl methyl sites for hydroxylation is 1. The van der Waals surface area contributed by atoms with Gasteiger partial charge < -0.3 is 9.88 Å². The minimum absolute atomic E-state index is 0.224. The van der Waals surface area contributed by atoms with Crippen molar-refractivity contribution in [2.24, 2.45) is 0 Å². The molecule has 3 nitrogen and oxygen atoms in total. The molecular weight excluding hydrogens is 282 g/mol. The largest absolute Gasteiger partial charge is 0.328 e. The summed E-state index contributed by atoms with van der Waals surface area (Å²) in [5, 5.41) is 4.26. The number of imidazole rings is 1. The Morgan fingerprint density at radius 3 is 2.71 bits per heavy atom. The topological polar surface area (TPSA) is 29.9 Å². The van der Waals surface area contributed by atoms with Gasteiger partial charge in [-0.15, -0.1) is 0 Å². The molecular formula is C17H24ClN3. The summed E-state index contributed by atoms with van der Waals surface area (Å²) < 4.78 is 2.40. The van der Waals surface area contributed by atoms with Crippen molar-refractivity contribution in [2.75, 3.05) is 13.1 Å². The van der Waals surface area contributed by atoms with Crippen LogP contribution < -0.4 is 5.32 Å². The molecule has 0 amide bonds. The molecule has 1 saturated heterocycles. The van der Waals surface area contributed by atoms with E-state index in [2.05, 4.69) is 29.8 Å². The predicted molar refractivity (Wildman–Crippen MR) is 89.1 cm³/mol. The smallest absolute Gasteiger partial charge is 0.116 e. The molecule has 0 atom stereocenters. The SMILES string of the molecule is CCCC1(c2nc3cc(Cl)ccc3n2CC)CCNCC1. The maximum atomic E-state index is 6.15. The van der Waals surface area contributed by atoms with Crippen LogP contribution in [0.15, 0.2) is 18.2 Å². The van der Waals surface area contributed by atoms with Crippen molar-refractivity contribution in [2.45, 2.75) is 51.5 Å². The van der Waals surface area contributed by atoms with E-state index >= 15 is 0 Å². The van der Waals surface area contributed by atoms with E-state index in [0.29, 0.717) is 0 Å². The molecule has 1 fully saturated rings. The van der Waals surface area contributed by atoms with E-state index in [1.54, 1.807) is 0 Å². The molecule has 4 heteroatoms. The van der Waals surface area contributed by atoms with Crippen LogP contribution in [0, 0.1) is 0 Å². The van der Waals surface area contributed by atoms with Crippen LogP contribution in [0.25, 0.3) is 11.0 Å². The zero-order chi connectivity index (χ0) is 14.9. The highest BCUT2D eigenvalue weighted by Crippen LogP contribution is 2.39. The van der Waals surface area contributed by atoms with Crippen LogP contribution in [0.2, 0.25) is 5.02 Å². The number of fused-ring (bicyclic) bond motifs is 1. The fourth-order valence-electron chi connectivity index (χ4n) is 3.80. The summed E-state index contributed by atoms with van der Waals surface area (Å²) in [6.07, 6.45) is 4.77. The Kier molecular flexibility index (Phi) is 4.23. The Hall–Kier alpha value is -1.06. The van der Waals surface area contributed by atoms with E-state index in [9.17, 15) is 0 Å². The quantitative estimate of drug-likeness (QED) is 0.920. The van der Waals surface area contributed by atoms with E-state index in [1.807, 2.05) is 12.1 Å². The van der Waals surface area contributed by atoms with Crippen LogP contribution in [0.3, 0.4) is 0 Å². The van der Waals surface area contributed by atoms with Gasteiger partial charge in [-0.05, 0) is 57.5 Å². The lowest BCUT2D eigenvalue weighted by Gasteiger charge is -2.37. The monoisotopic (exact) mass is 305 g/mol. The lowest BCUT2D eigenvalue weighted by Crippen LogP contribution is -2.41. The van der Waals surface area contributed by atoms with E-state index in [4.69, 9.17) is 16.6 Å². The van der Waals surface area contributed by atoms with Gasteiger partial charge in [0.1, 0.15) is 5.82 Å². The minimum atomic E-state index is 0.224. The molecule has 0 bridgehead atoms. The Bertz CT molecular complexity index is 621. The number of nitrogens with one attached hydrogen (secondary N) is 1. The third-order valence-corrected chi connectivity index (χ3v) is 5.03. The molecule has 2 heterocycles. The summed E-state index contributed by atoms with van der Waals surface area (Å²) in [7, 11) is 0.